The fourth-order valence-electron chi connectivity index (χ4n) is 0.963. The van der Waals surface area contributed by atoms with Crippen LogP contribution in [0.25, 0.3) is 0 Å². The Morgan fingerprint density at radius 1 is 1.19 bits per heavy atom. The summed E-state index contributed by atoms with van der Waals surface area (Å²) in [4.78, 5) is 21.1. The van der Waals surface area contributed by atoms with Crippen molar-refractivity contribution in [1.29, 1.82) is 0 Å². The van der Waals surface area contributed by atoms with E-state index in [2.05, 4.69) is 21.2 Å². The predicted molar refractivity (Wildman–Crippen MR) is 61.1 cm³/mol. The molecule has 0 bridgehead atoms. The van der Waals surface area contributed by atoms with Gasteiger partial charge in [0.1, 0.15) is 5.70 Å². The van der Waals surface area contributed by atoms with E-state index in [1.54, 1.807) is 24.3 Å². The maximum atomic E-state index is 10.7. The average molecular weight is 286 g/mol. The first-order valence-corrected chi connectivity index (χ1v) is 4.99. The first-order valence-electron chi connectivity index (χ1n) is 4.19. The molecule has 0 unspecified atom stereocenters. The summed E-state index contributed by atoms with van der Waals surface area (Å²) in [6.45, 7) is 0. The van der Waals surface area contributed by atoms with Crippen LogP contribution in [-0.2, 0) is 9.59 Å². The summed E-state index contributed by atoms with van der Waals surface area (Å²) < 4.78 is 0.845. The Hall–Kier alpha value is -1.82. The van der Waals surface area contributed by atoms with Gasteiger partial charge in [0.15, 0.2) is 0 Å². The third kappa shape index (κ3) is 3.74. The number of carbonyl (C=O) groups is 2. The molecular formula is C10H8BrNO4. The number of nitrogens with one attached hydrogen (secondary N) is 1. The highest BCUT2D eigenvalue weighted by molar-refractivity contribution is 9.10. The average Bonchev–Trinajstić information content (AvgIpc) is 2.19. The number of benzene rings is 1. The first-order chi connectivity index (χ1) is 7.49. The van der Waals surface area contributed by atoms with E-state index in [-0.39, 0.29) is 0 Å². The highest BCUT2D eigenvalue weighted by Crippen LogP contribution is 2.15. The Morgan fingerprint density at radius 3 is 2.19 bits per heavy atom. The first kappa shape index (κ1) is 12.3. The molecule has 0 amide bonds. The Labute approximate surface area is 99.5 Å². The van der Waals surface area contributed by atoms with E-state index in [4.69, 9.17) is 10.2 Å². The van der Waals surface area contributed by atoms with Gasteiger partial charge in [0, 0.05) is 10.2 Å². The minimum Gasteiger partial charge on any atom is -0.478 e. The molecule has 0 spiro atoms. The molecule has 0 aliphatic heterocycles. The Bertz CT molecular complexity index is 439. The van der Waals surface area contributed by atoms with Crippen LogP contribution in [0.5, 0.6) is 0 Å². The van der Waals surface area contributed by atoms with Gasteiger partial charge in [-0.15, -0.1) is 0 Å². The standard InChI is InChI=1S/C10H8BrNO4/c11-6-1-3-7(4-2-6)12-8(10(15)16)5-9(13)14/h1-5,12H,(H,13,14)(H,15,16)/b8-5-. The zero-order chi connectivity index (χ0) is 12.1. The molecule has 6 heteroatoms. The van der Waals surface area contributed by atoms with Crippen LogP contribution in [0.15, 0.2) is 40.5 Å². The van der Waals surface area contributed by atoms with E-state index >= 15 is 0 Å². The lowest BCUT2D eigenvalue weighted by molar-refractivity contribution is -0.134. The summed E-state index contributed by atoms with van der Waals surface area (Å²) in [5.74, 6) is -2.65. The van der Waals surface area contributed by atoms with Crippen LogP contribution >= 0.6 is 15.9 Å². The Balaban J connectivity index is 2.88. The van der Waals surface area contributed by atoms with Crippen molar-refractivity contribution < 1.29 is 19.8 Å². The van der Waals surface area contributed by atoms with E-state index < -0.39 is 17.6 Å². The smallest absolute Gasteiger partial charge is 0.352 e. The van der Waals surface area contributed by atoms with Gasteiger partial charge in [-0.25, -0.2) is 9.59 Å². The molecule has 3 N–H and O–H groups in total. The number of rotatable bonds is 4. The van der Waals surface area contributed by atoms with Crippen LogP contribution in [0, 0.1) is 0 Å². The second-order valence-electron chi connectivity index (χ2n) is 2.83. The lowest BCUT2D eigenvalue weighted by atomic mass is 10.3. The molecule has 0 saturated carbocycles. The van der Waals surface area contributed by atoms with Crippen molar-refractivity contribution >= 4 is 33.6 Å². The molecule has 0 aliphatic rings. The summed E-state index contributed by atoms with van der Waals surface area (Å²) in [5, 5.41) is 19.7. The quantitative estimate of drug-likeness (QED) is 0.736. The van der Waals surface area contributed by atoms with Gasteiger partial charge in [-0.3, -0.25) is 0 Å². The third-order valence-electron chi connectivity index (χ3n) is 1.62. The summed E-state index contributed by atoms with van der Waals surface area (Å²) in [6, 6.07) is 6.68. The highest BCUT2D eigenvalue weighted by atomic mass is 79.9. The molecule has 84 valence electrons. The topological polar surface area (TPSA) is 86.6 Å². The van der Waals surface area contributed by atoms with Crippen LogP contribution in [0.2, 0.25) is 0 Å². The van der Waals surface area contributed by atoms with Crippen LogP contribution < -0.4 is 5.32 Å². The van der Waals surface area contributed by atoms with Gasteiger partial charge in [-0.2, -0.15) is 0 Å². The van der Waals surface area contributed by atoms with Crippen molar-refractivity contribution in [2.24, 2.45) is 0 Å². The second-order valence-corrected chi connectivity index (χ2v) is 3.75. The lowest BCUT2D eigenvalue weighted by Gasteiger charge is -2.05. The molecule has 16 heavy (non-hydrogen) atoms. The number of aliphatic carboxylic acids is 2. The molecule has 0 saturated heterocycles. The minimum absolute atomic E-state index is 0.394. The van der Waals surface area contributed by atoms with Crippen LogP contribution in [0.1, 0.15) is 0 Å². The number of halogens is 1. The molecule has 0 aliphatic carbocycles. The maximum absolute atomic E-state index is 10.7. The normalized spacial score (nSPS) is 10.9. The van der Waals surface area contributed by atoms with Crippen molar-refractivity contribution in [1.82, 2.24) is 0 Å². The van der Waals surface area contributed by atoms with Gasteiger partial charge in [-0.1, -0.05) is 15.9 Å². The second kappa shape index (κ2) is 5.32. The molecule has 0 atom stereocenters. The van der Waals surface area contributed by atoms with Gasteiger partial charge < -0.3 is 15.5 Å². The Morgan fingerprint density at radius 2 is 1.75 bits per heavy atom. The number of carboxylic acids is 2. The van der Waals surface area contributed by atoms with Gasteiger partial charge in [0.05, 0.1) is 6.08 Å². The van der Waals surface area contributed by atoms with Gasteiger partial charge in [0.25, 0.3) is 0 Å². The molecular weight excluding hydrogens is 278 g/mol. The number of anilines is 1. The SMILES string of the molecule is O=C(O)/C=C(\Nc1ccc(Br)cc1)C(=O)O. The van der Waals surface area contributed by atoms with Crippen LogP contribution in [0.3, 0.4) is 0 Å². The summed E-state index contributed by atoms with van der Waals surface area (Å²) >= 11 is 3.23. The van der Waals surface area contributed by atoms with E-state index in [0.29, 0.717) is 11.8 Å². The summed E-state index contributed by atoms with van der Waals surface area (Å²) in [6.07, 6.45) is 0.602. The zero-order valence-electron chi connectivity index (χ0n) is 7.98. The van der Waals surface area contributed by atoms with Gasteiger partial charge in [-0.05, 0) is 24.3 Å². The largest absolute Gasteiger partial charge is 0.478 e. The molecule has 5 nitrogen and oxygen atoms in total. The monoisotopic (exact) mass is 285 g/mol. The molecule has 1 aromatic carbocycles. The van der Waals surface area contributed by atoms with Crippen molar-refractivity contribution in [3.05, 3.63) is 40.5 Å². The Kier molecular flexibility index (Phi) is 4.07. The van der Waals surface area contributed by atoms with Crippen molar-refractivity contribution in [3.63, 3.8) is 0 Å². The fourth-order valence-corrected chi connectivity index (χ4v) is 1.23. The van der Waals surface area contributed by atoms with E-state index in [9.17, 15) is 9.59 Å². The van der Waals surface area contributed by atoms with E-state index in [0.717, 1.165) is 4.47 Å². The van der Waals surface area contributed by atoms with E-state index in [1.165, 1.54) is 0 Å². The third-order valence-corrected chi connectivity index (χ3v) is 2.15. The van der Waals surface area contributed by atoms with Gasteiger partial charge in [0.2, 0.25) is 0 Å². The summed E-state index contributed by atoms with van der Waals surface area (Å²) in [7, 11) is 0. The number of hydrogen-bond donors (Lipinski definition) is 3. The van der Waals surface area contributed by atoms with Crippen molar-refractivity contribution in [2.75, 3.05) is 5.32 Å². The minimum atomic E-state index is -1.33. The number of carboxylic acid groups (broad SMARTS) is 2. The maximum Gasteiger partial charge on any atom is 0.352 e. The zero-order valence-corrected chi connectivity index (χ0v) is 9.56. The van der Waals surface area contributed by atoms with Crippen molar-refractivity contribution in [2.45, 2.75) is 0 Å². The van der Waals surface area contributed by atoms with Crippen LogP contribution in [0.4, 0.5) is 5.69 Å². The molecule has 1 aromatic rings. The molecule has 0 heterocycles. The van der Waals surface area contributed by atoms with Crippen LogP contribution in [-0.4, -0.2) is 22.2 Å². The molecule has 0 radical (unpaired) electrons. The molecule has 0 fully saturated rings. The van der Waals surface area contributed by atoms with E-state index in [1.807, 2.05) is 0 Å². The van der Waals surface area contributed by atoms with Gasteiger partial charge >= 0.3 is 11.9 Å². The fraction of sp³-hybridized carbons (Fsp3) is 0. The van der Waals surface area contributed by atoms with Crippen molar-refractivity contribution in [3.8, 4) is 0 Å². The molecule has 1 rings (SSSR count). The number of hydrogen-bond acceptors (Lipinski definition) is 3. The highest BCUT2D eigenvalue weighted by Gasteiger charge is 2.09. The predicted octanol–water partition coefficient (Wildman–Crippen LogP) is 1.91. The summed E-state index contributed by atoms with van der Waals surface area (Å²) in [5.41, 5.74) is 0.105. The molecule has 0 aromatic heterocycles. The lowest BCUT2D eigenvalue weighted by Crippen LogP contribution is -2.12.